The third-order valence-electron chi connectivity index (χ3n) is 1.77. The molecule has 0 heterocycles. The van der Waals surface area contributed by atoms with Gasteiger partial charge in [-0.3, -0.25) is 0 Å². The molecule has 0 saturated carbocycles. The minimum absolute atomic E-state index is 0. The molecule has 0 aliphatic heterocycles. The minimum atomic E-state index is 0. The van der Waals surface area contributed by atoms with E-state index in [2.05, 4.69) is 6.07 Å². The van der Waals surface area contributed by atoms with Crippen molar-refractivity contribution >= 4 is 10.8 Å². The zero-order chi connectivity index (χ0) is 8.55. The van der Waals surface area contributed by atoms with Crippen molar-refractivity contribution in [1.82, 2.24) is 0 Å². The number of rotatable bonds is 0. The van der Waals surface area contributed by atoms with E-state index in [1.807, 2.05) is 0 Å². The minimum Gasteiger partial charge on any atom is -0.565 e. The summed E-state index contributed by atoms with van der Waals surface area (Å²) in [5.74, 6) is 0.299. The fourth-order valence-electron chi connectivity index (χ4n) is 1.18. The summed E-state index contributed by atoms with van der Waals surface area (Å²) in [6.07, 6.45) is 0. The second-order valence-electron chi connectivity index (χ2n) is 2.61. The molecule has 2 N–H and O–H groups in total. The van der Waals surface area contributed by atoms with Crippen LogP contribution in [0, 0.1) is 6.07 Å². The smallest absolute Gasteiger partial charge is 0.565 e. The molecule has 3 heteroatoms. The van der Waals surface area contributed by atoms with Gasteiger partial charge in [0, 0.05) is 5.75 Å². The van der Waals surface area contributed by atoms with Gasteiger partial charge in [-0.05, 0) is 12.1 Å². The zero-order valence-electron chi connectivity index (χ0n) is 7.28. The summed E-state index contributed by atoms with van der Waals surface area (Å²) in [5.41, 5.74) is 0. The molecular weight excluding hydrogens is 175 g/mol. The van der Waals surface area contributed by atoms with Crippen molar-refractivity contribution in [2.24, 2.45) is 0 Å². The molecule has 0 bridgehead atoms. The first-order valence-corrected chi connectivity index (χ1v) is 3.59. The fraction of sp³-hybridized carbons (Fsp3) is 0. The van der Waals surface area contributed by atoms with Crippen LogP contribution in [0.25, 0.3) is 10.8 Å². The molecule has 0 aromatic heterocycles. The van der Waals surface area contributed by atoms with Crippen molar-refractivity contribution in [3.05, 3.63) is 36.4 Å². The Morgan fingerprint density at radius 1 is 1.08 bits per heavy atom. The summed E-state index contributed by atoms with van der Waals surface area (Å²) in [5, 5.41) is 20.0. The standard InChI is InChI=1S/C10H7O2.Na/c11-8-5-4-7-2-1-3-10(12)9(7)6-8;/h2-6,11-12H;/q-1;+1. The Kier molecular flexibility index (Phi) is 3.20. The molecular formula is C10H7NaO2. The normalized spacial score (nSPS) is 9.54. The van der Waals surface area contributed by atoms with E-state index in [9.17, 15) is 5.11 Å². The van der Waals surface area contributed by atoms with Crippen LogP contribution >= 0.6 is 0 Å². The Balaban J connectivity index is 0.000000845. The molecule has 2 nitrogen and oxygen atoms in total. The first-order valence-electron chi connectivity index (χ1n) is 3.59. The Hall–Kier alpha value is -0.700. The second kappa shape index (κ2) is 4.01. The van der Waals surface area contributed by atoms with E-state index >= 15 is 0 Å². The van der Waals surface area contributed by atoms with Crippen LogP contribution < -0.4 is 29.6 Å². The number of aromatic hydroxyl groups is 2. The van der Waals surface area contributed by atoms with Crippen LogP contribution in [0.5, 0.6) is 11.5 Å². The summed E-state index contributed by atoms with van der Waals surface area (Å²) in [7, 11) is 0. The maximum atomic E-state index is 9.35. The van der Waals surface area contributed by atoms with Gasteiger partial charge < -0.3 is 10.2 Å². The molecule has 0 spiro atoms. The molecule has 0 atom stereocenters. The molecule has 13 heavy (non-hydrogen) atoms. The second-order valence-corrected chi connectivity index (χ2v) is 2.61. The van der Waals surface area contributed by atoms with Crippen molar-refractivity contribution < 1.29 is 39.8 Å². The quantitative estimate of drug-likeness (QED) is 0.407. The maximum Gasteiger partial charge on any atom is 1.00 e. The predicted octanol–water partition coefficient (Wildman–Crippen LogP) is -0.945. The summed E-state index contributed by atoms with van der Waals surface area (Å²) in [6, 6.07) is 10.9. The Labute approximate surface area is 98.1 Å². The van der Waals surface area contributed by atoms with Crippen LogP contribution in [0.4, 0.5) is 0 Å². The van der Waals surface area contributed by atoms with Crippen molar-refractivity contribution in [2.75, 3.05) is 0 Å². The van der Waals surface area contributed by atoms with Gasteiger partial charge in [0.2, 0.25) is 0 Å². The molecule has 0 saturated heterocycles. The van der Waals surface area contributed by atoms with Gasteiger partial charge in [0.15, 0.2) is 0 Å². The first-order chi connectivity index (χ1) is 5.77. The molecule has 0 amide bonds. The molecule has 2 aromatic carbocycles. The number of fused-ring (bicyclic) bond motifs is 1. The monoisotopic (exact) mass is 182 g/mol. The topological polar surface area (TPSA) is 40.5 Å². The van der Waals surface area contributed by atoms with Gasteiger partial charge in [-0.1, -0.05) is 5.39 Å². The molecule has 0 aliphatic rings. The van der Waals surface area contributed by atoms with Crippen LogP contribution in [-0.2, 0) is 0 Å². The van der Waals surface area contributed by atoms with Crippen molar-refractivity contribution in [3.63, 3.8) is 0 Å². The summed E-state index contributed by atoms with van der Waals surface area (Å²) in [4.78, 5) is 0. The summed E-state index contributed by atoms with van der Waals surface area (Å²) >= 11 is 0. The number of phenols is 2. The third-order valence-corrected chi connectivity index (χ3v) is 1.77. The molecule has 0 fully saturated rings. The number of phenolic OH excluding ortho intramolecular Hbond substituents is 2. The van der Waals surface area contributed by atoms with E-state index in [1.165, 1.54) is 12.1 Å². The van der Waals surface area contributed by atoms with Gasteiger partial charge in [-0.25, -0.2) is 0 Å². The van der Waals surface area contributed by atoms with Crippen LogP contribution in [0.3, 0.4) is 0 Å². The van der Waals surface area contributed by atoms with Crippen LogP contribution in [-0.4, -0.2) is 10.2 Å². The SMILES string of the molecule is Oc1ccc2c[c-]cc(O)c2c1.[Na+]. The van der Waals surface area contributed by atoms with Gasteiger partial charge in [-0.15, -0.1) is 17.5 Å². The average molecular weight is 182 g/mol. The van der Waals surface area contributed by atoms with Crippen LogP contribution in [0.1, 0.15) is 0 Å². The molecule has 2 rings (SSSR count). The molecule has 0 aliphatic carbocycles. The number of hydrogen-bond acceptors (Lipinski definition) is 2. The van der Waals surface area contributed by atoms with Crippen molar-refractivity contribution in [1.29, 1.82) is 0 Å². The molecule has 0 unspecified atom stereocenters. The van der Waals surface area contributed by atoms with E-state index in [-0.39, 0.29) is 41.1 Å². The summed E-state index contributed by atoms with van der Waals surface area (Å²) in [6.45, 7) is 0. The van der Waals surface area contributed by atoms with Gasteiger partial charge >= 0.3 is 29.6 Å². The Morgan fingerprint density at radius 3 is 2.62 bits per heavy atom. The predicted molar refractivity (Wildman–Crippen MR) is 46.1 cm³/mol. The van der Waals surface area contributed by atoms with Gasteiger partial charge in [0.05, 0.1) is 0 Å². The van der Waals surface area contributed by atoms with E-state index in [1.54, 1.807) is 18.2 Å². The Morgan fingerprint density at radius 2 is 1.85 bits per heavy atom. The first kappa shape index (κ1) is 10.4. The number of benzene rings is 2. The Bertz CT molecular complexity index is 426. The van der Waals surface area contributed by atoms with E-state index in [0.29, 0.717) is 5.39 Å². The fourth-order valence-corrected chi connectivity index (χ4v) is 1.18. The van der Waals surface area contributed by atoms with E-state index < -0.39 is 0 Å². The van der Waals surface area contributed by atoms with Gasteiger partial charge in [0.1, 0.15) is 5.75 Å². The van der Waals surface area contributed by atoms with Crippen molar-refractivity contribution in [3.8, 4) is 11.5 Å². The molecule has 0 radical (unpaired) electrons. The summed E-state index contributed by atoms with van der Waals surface area (Å²) < 4.78 is 0. The maximum absolute atomic E-state index is 9.35. The average Bonchev–Trinajstić information content (AvgIpc) is 2.07. The zero-order valence-corrected chi connectivity index (χ0v) is 9.28. The molecule has 60 valence electrons. The largest absolute Gasteiger partial charge is 1.00 e. The van der Waals surface area contributed by atoms with E-state index in [0.717, 1.165) is 5.39 Å². The number of hydrogen-bond donors (Lipinski definition) is 2. The van der Waals surface area contributed by atoms with Crippen LogP contribution in [0.15, 0.2) is 30.3 Å². The van der Waals surface area contributed by atoms with Gasteiger partial charge in [0.25, 0.3) is 0 Å². The van der Waals surface area contributed by atoms with E-state index in [4.69, 9.17) is 5.11 Å². The molecule has 2 aromatic rings. The third kappa shape index (κ3) is 1.97. The van der Waals surface area contributed by atoms with Crippen LogP contribution in [0.2, 0.25) is 0 Å². The van der Waals surface area contributed by atoms with Crippen molar-refractivity contribution in [2.45, 2.75) is 0 Å². The van der Waals surface area contributed by atoms with Gasteiger partial charge in [-0.2, -0.15) is 12.1 Å².